The van der Waals surface area contributed by atoms with Gasteiger partial charge in [0.2, 0.25) is 5.78 Å². The highest BCUT2D eigenvalue weighted by Gasteiger charge is 2.26. The first-order valence-electron chi connectivity index (χ1n) is 6.54. The number of rotatable bonds is 3. The van der Waals surface area contributed by atoms with Crippen molar-refractivity contribution >= 4 is 17.2 Å². The molecule has 6 nitrogen and oxygen atoms in total. The number of Topliss-reactive ketones (excluding diaryl/α,β-unsaturated/α-hetero) is 1. The molecule has 0 radical (unpaired) electrons. The summed E-state index contributed by atoms with van der Waals surface area (Å²) in [5.41, 5.74) is 2.60. The summed E-state index contributed by atoms with van der Waals surface area (Å²) in [5.74, 6) is -0.279. The Balaban J connectivity index is 2.31. The molecule has 106 valence electrons. The molecule has 6 heteroatoms. The average molecular weight is 282 g/mol. The number of fused-ring (bicyclic) bond motifs is 1. The lowest BCUT2D eigenvalue weighted by atomic mass is 10.0. The van der Waals surface area contributed by atoms with Gasteiger partial charge in [0.15, 0.2) is 11.4 Å². The zero-order valence-electron chi connectivity index (χ0n) is 12.0. The number of hydrogen-bond acceptors (Lipinski definition) is 4. The van der Waals surface area contributed by atoms with Crippen molar-refractivity contribution in [2.45, 2.75) is 13.8 Å². The van der Waals surface area contributed by atoms with E-state index in [1.165, 1.54) is 16.1 Å². The van der Waals surface area contributed by atoms with E-state index in [1.54, 1.807) is 38.2 Å². The van der Waals surface area contributed by atoms with E-state index in [4.69, 9.17) is 0 Å². The molecule has 0 spiro atoms. The molecule has 1 aromatic carbocycles. The third-order valence-electron chi connectivity index (χ3n) is 3.54. The number of carbonyl (C=O) groups is 2. The molecule has 21 heavy (non-hydrogen) atoms. The van der Waals surface area contributed by atoms with Gasteiger partial charge in [-0.25, -0.2) is 4.68 Å². The van der Waals surface area contributed by atoms with Crippen LogP contribution in [0.1, 0.15) is 38.9 Å². The zero-order chi connectivity index (χ0) is 15.1. The predicted octanol–water partition coefficient (Wildman–Crippen LogP) is 1.81. The second-order valence-electron chi connectivity index (χ2n) is 4.94. The lowest BCUT2D eigenvalue weighted by Gasteiger charge is -2.01. The van der Waals surface area contributed by atoms with Crippen LogP contribution in [0.3, 0.4) is 0 Å². The molecule has 0 aliphatic rings. The van der Waals surface area contributed by atoms with Gasteiger partial charge in [-0.15, -0.1) is 0 Å². The Morgan fingerprint density at radius 2 is 1.76 bits per heavy atom. The Kier molecular flexibility index (Phi) is 2.94. The van der Waals surface area contributed by atoms with Gasteiger partial charge in [0, 0.05) is 12.6 Å². The van der Waals surface area contributed by atoms with Gasteiger partial charge < -0.3 is 0 Å². The Hall–Kier alpha value is -2.76. The number of nitrogens with zero attached hydrogens (tertiary/aromatic N) is 4. The van der Waals surface area contributed by atoms with Crippen molar-refractivity contribution in [3.05, 3.63) is 52.7 Å². The highest BCUT2D eigenvalue weighted by Crippen LogP contribution is 2.24. The fraction of sp³-hybridized carbons (Fsp3) is 0.200. The number of aromatic nitrogens is 4. The molecule has 0 unspecified atom stereocenters. The summed E-state index contributed by atoms with van der Waals surface area (Å²) in [6.07, 6.45) is 0. The van der Waals surface area contributed by atoms with E-state index in [2.05, 4.69) is 10.4 Å². The van der Waals surface area contributed by atoms with Gasteiger partial charge in [0.1, 0.15) is 5.69 Å². The van der Waals surface area contributed by atoms with Gasteiger partial charge in [-0.2, -0.15) is 4.52 Å². The predicted molar refractivity (Wildman–Crippen MR) is 76.6 cm³/mol. The lowest BCUT2D eigenvalue weighted by molar-refractivity contribution is 0.101. The molecular weight excluding hydrogens is 268 g/mol. The van der Waals surface area contributed by atoms with Gasteiger partial charge in [-0.3, -0.25) is 9.59 Å². The van der Waals surface area contributed by atoms with Gasteiger partial charge in [0.25, 0.3) is 0 Å². The first-order valence-corrected chi connectivity index (χ1v) is 6.54. The molecule has 3 rings (SSSR count). The summed E-state index contributed by atoms with van der Waals surface area (Å²) in [7, 11) is 1.70. The summed E-state index contributed by atoms with van der Waals surface area (Å²) in [4.78, 5) is 24.6. The fourth-order valence-corrected chi connectivity index (χ4v) is 2.60. The van der Waals surface area contributed by atoms with Crippen molar-refractivity contribution < 1.29 is 9.59 Å². The van der Waals surface area contributed by atoms with E-state index < -0.39 is 0 Å². The monoisotopic (exact) mass is 282 g/mol. The van der Waals surface area contributed by atoms with Gasteiger partial charge in [-0.1, -0.05) is 30.3 Å². The molecule has 0 aliphatic carbocycles. The van der Waals surface area contributed by atoms with Crippen LogP contribution in [0, 0.1) is 6.92 Å². The molecular formula is C15H14N4O2. The number of aryl methyl sites for hydroxylation is 1. The van der Waals surface area contributed by atoms with Crippen LogP contribution in [0.25, 0.3) is 5.65 Å². The Morgan fingerprint density at radius 3 is 2.38 bits per heavy atom. The van der Waals surface area contributed by atoms with Crippen LogP contribution in [0.4, 0.5) is 0 Å². The molecule has 0 saturated heterocycles. The first-order chi connectivity index (χ1) is 10.0. The van der Waals surface area contributed by atoms with E-state index in [1.807, 2.05) is 6.07 Å². The number of hydrogen-bond donors (Lipinski definition) is 0. The Bertz CT molecular complexity index is 859. The first kappa shape index (κ1) is 13.2. The minimum Gasteiger partial charge on any atom is -0.294 e. The van der Waals surface area contributed by atoms with Crippen LogP contribution in [0.2, 0.25) is 0 Å². The van der Waals surface area contributed by atoms with Gasteiger partial charge in [0.05, 0.1) is 5.56 Å². The molecule has 2 aromatic heterocycles. The molecule has 0 fully saturated rings. The van der Waals surface area contributed by atoms with Crippen molar-refractivity contribution in [1.29, 1.82) is 0 Å². The Labute approximate surface area is 121 Å². The molecule has 0 amide bonds. The maximum Gasteiger partial charge on any atom is 0.211 e. The Morgan fingerprint density at radius 1 is 1.10 bits per heavy atom. The van der Waals surface area contributed by atoms with Crippen LogP contribution < -0.4 is 0 Å². The second-order valence-corrected chi connectivity index (χ2v) is 4.94. The van der Waals surface area contributed by atoms with Crippen LogP contribution in [0.5, 0.6) is 0 Å². The molecule has 0 saturated carbocycles. The number of benzene rings is 1. The maximum absolute atomic E-state index is 12.7. The molecule has 3 aromatic rings. The van der Waals surface area contributed by atoms with E-state index in [0.717, 1.165) is 0 Å². The summed E-state index contributed by atoms with van der Waals surface area (Å²) in [6.45, 7) is 3.24. The number of ketones is 2. The quantitative estimate of drug-likeness (QED) is 0.687. The van der Waals surface area contributed by atoms with E-state index in [0.29, 0.717) is 28.0 Å². The van der Waals surface area contributed by atoms with Crippen LogP contribution in [0.15, 0.2) is 30.3 Å². The van der Waals surface area contributed by atoms with E-state index in [9.17, 15) is 9.59 Å². The zero-order valence-corrected chi connectivity index (χ0v) is 12.0. The molecule has 0 N–H and O–H groups in total. The molecule has 0 aliphatic heterocycles. The summed E-state index contributed by atoms with van der Waals surface area (Å²) in [5, 5.41) is 7.89. The normalized spacial score (nSPS) is 11.0. The largest absolute Gasteiger partial charge is 0.294 e. The van der Waals surface area contributed by atoms with E-state index in [-0.39, 0.29) is 11.6 Å². The average Bonchev–Trinajstić information content (AvgIpc) is 2.96. The molecule has 0 atom stereocenters. The van der Waals surface area contributed by atoms with Crippen molar-refractivity contribution in [1.82, 2.24) is 19.6 Å². The van der Waals surface area contributed by atoms with Crippen molar-refractivity contribution in [2.75, 3.05) is 0 Å². The number of tetrazole rings is 1. The third kappa shape index (κ3) is 1.87. The van der Waals surface area contributed by atoms with Crippen molar-refractivity contribution in [3.8, 4) is 0 Å². The summed E-state index contributed by atoms with van der Waals surface area (Å²) < 4.78 is 2.95. The standard InChI is InChI=1S/C15H14N4O2/c1-9-12(10(2)20)15-18(3)16-17-19(15)13(9)14(21)11-7-5-4-6-8-11/h4-8H,1-3H3. The number of carbonyl (C=O) groups excluding carboxylic acids is 2. The molecule has 2 heterocycles. The second kappa shape index (κ2) is 4.66. The minimum atomic E-state index is -0.170. The summed E-state index contributed by atoms with van der Waals surface area (Å²) >= 11 is 0. The van der Waals surface area contributed by atoms with Crippen molar-refractivity contribution in [2.24, 2.45) is 7.05 Å². The summed E-state index contributed by atoms with van der Waals surface area (Å²) in [6, 6.07) is 8.93. The lowest BCUT2D eigenvalue weighted by Crippen LogP contribution is -2.08. The van der Waals surface area contributed by atoms with E-state index >= 15 is 0 Å². The maximum atomic E-state index is 12.7. The minimum absolute atomic E-state index is 0.109. The highest BCUT2D eigenvalue weighted by molar-refractivity contribution is 6.13. The molecule has 0 bridgehead atoms. The van der Waals surface area contributed by atoms with Gasteiger partial charge in [-0.05, 0) is 29.8 Å². The highest BCUT2D eigenvalue weighted by atomic mass is 16.1. The van der Waals surface area contributed by atoms with Gasteiger partial charge >= 0.3 is 0 Å². The third-order valence-corrected chi connectivity index (χ3v) is 3.54. The van der Waals surface area contributed by atoms with Crippen LogP contribution in [-0.4, -0.2) is 31.2 Å². The smallest absolute Gasteiger partial charge is 0.211 e. The SMILES string of the molecule is CC(=O)c1c(C)c(C(=O)c2ccccc2)n2nnn(C)c12. The fourth-order valence-electron chi connectivity index (χ4n) is 2.60. The van der Waals surface area contributed by atoms with Crippen LogP contribution in [-0.2, 0) is 7.05 Å². The topological polar surface area (TPSA) is 69.3 Å². The van der Waals surface area contributed by atoms with Crippen LogP contribution >= 0.6 is 0 Å². The van der Waals surface area contributed by atoms with Crippen molar-refractivity contribution in [3.63, 3.8) is 0 Å².